The molecule has 0 spiro atoms. The van der Waals surface area contributed by atoms with Gasteiger partial charge in [0, 0.05) is 77.0 Å². The minimum atomic E-state index is -3.66. The van der Waals surface area contributed by atoms with Gasteiger partial charge >= 0.3 is 5.92 Å². The smallest absolute Gasteiger partial charge is 0.342 e. The van der Waals surface area contributed by atoms with Crippen LogP contribution in [0.15, 0.2) is 30.5 Å². The lowest BCUT2D eigenvalue weighted by Crippen LogP contribution is -2.48. The lowest BCUT2D eigenvalue weighted by molar-refractivity contribution is -0.140. The van der Waals surface area contributed by atoms with Crippen molar-refractivity contribution in [2.24, 2.45) is 5.92 Å². The molecular weight excluding hydrogens is 831 g/mol. The molecule has 3 aromatic rings. The minimum Gasteiger partial charge on any atom is -0.495 e. The number of amides is 4. The topological polar surface area (TPSA) is 177 Å². The Morgan fingerprint density at radius 1 is 0.921 bits per heavy atom. The molecular formula is C42H53F4N11O6. The highest BCUT2D eigenvalue weighted by atomic mass is 19.3. The van der Waals surface area contributed by atoms with Crippen molar-refractivity contribution in [1.29, 1.82) is 0 Å². The van der Waals surface area contributed by atoms with Crippen molar-refractivity contribution in [2.45, 2.75) is 64.0 Å². The summed E-state index contributed by atoms with van der Waals surface area (Å²) in [6.07, 6.45) is 4.36. The van der Waals surface area contributed by atoms with Gasteiger partial charge in [-0.2, -0.15) is 13.8 Å². The van der Waals surface area contributed by atoms with E-state index < -0.39 is 53.9 Å². The molecule has 7 rings (SSSR count). The van der Waals surface area contributed by atoms with Crippen LogP contribution in [0.3, 0.4) is 0 Å². The molecule has 0 bridgehead atoms. The molecule has 0 saturated carbocycles. The normalized spacial score (nSPS) is 20.0. The van der Waals surface area contributed by atoms with E-state index in [2.05, 4.69) is 36.2 Å². The molecule has 1 unspecified atom stereocenters. The van der Waals surface area contributed by atoms with E-state index in [1.54, 1.807) is 24.9 Å². The number of hydrogen-bond donors (Lipinski definition) is 4. The van der Waals surface area contributed by atoms with E-state index in [1.165, 1.54) is 44.5 Å². The molecule has 3 saturated heterocycles. The van der Waals surface area contributed by atoms with Crippen LogP contribution in [0, 0.1) is 17.6 Å². The third-order valence-corrected chi connectivity index (χ3v) is 12.1. The standard InChI is InChI=1S/C42H53F4N11O6/c1-24(2)57-23-42(45,46)40(61)53(3)33-22-47-41(51-37(33)57)49-31-19-27(43)26(18-34(31)62-4)38(59)52-56-12-9-25(10-13-56)8-11-54-14-16-55(17-15-54)32-21-35(63-5)30(20-28(32)44)48-29-6-7-36(58)50-39(29)60/h18-22,24-25,29,48H,6-17,23H2,1-5H3,(H,52,59)(H,47,49,51)(H,50,58,60). The number of imide groups is 1. The quantitative estimate of drug-likeness (QED) is 0.142. The first-order valence-corrected chi connectivity index (χ1v) is 21.0. The fraction of sp³-hybridized carbons (Fsp3) is 0.524. The Labute approximate surface area is 362 Å². The summed E-state index contributed by atoms with van der Waals surface area (Å²) in [7, 11) is 4.07. The third kappa shape index (κ3) is 9.98. The van der Waals surface area contributed by atoms with Gasteiger partial charge in [-0.25, -0.2) is 18.8 Å². The highest BCUT2D eigenvalue weighted by molar-refractivity contribution is 6.02. The minimum absolute atomic E-state index is 0.0628. The van der Waals surface area contributed by atoms with Gasteiger partial charge in [-0.3, -0.25) is 34.8 Å². The van der Waals surface area contributed by atoms with Crippen LogP contribution in [0.1, 0.15) is 56.3 Å². The Morgan fingerprint density at radius 2 is 1.60 bits per heavy atom. The Balaban J connectivity index is 0.884. The Hall–Kier alpha value is -5.96. The monoisotopic (exact) mass is 883 g/mol. The SMILES string of the molecule is COc1cc(C(=O)NN2CCC(CCN3CCN(c4cc(OC)c(NC5CCC(=O)NC5=O)cc4F)CC3)CC2)c(F)cc1Nc1ncc2c(n1)N(C(C)C)CC(F)(F)C(=O)N2C. The first kappa shape index (κ1) is 45.1. The third-order valence-electron chi connectivity index (χ3n) is 12.1. The molecule has 1 aromatic heterocycles. The van der Waals surface area contributed by atoms with Crippen LogP contribution in [0.25, 0.3) is 0 Å². The van der Waals surface area contributed by atoms with Crippen molar-refractivity contribution >= 4 is 58.1 Å². The van der Waals surface area contributed by atoms with Gasteiger partial charge in [0.1, 0.15) is 34.9 Å². The number of halogens is 4. The number of fused-ring (bicyclic) bond motifs is 1. The molecule has 3 fully saturated rings. The van der Waals surface area contributed by atoms with E-state index in [1.807, 2.05) is 4.90 Å². The molecule has 21 heteroatoms. The van der Waals surface area contributed by atoms with E-state index in [0.717, 1.165) is 49.9 Å². The number of nitrogens with zero attached hydrogens (tertiary/aromatic N) is 7. The molecule has 340 valence electrons. The number of hydrazine groups is 1. The molecule has 2 aromatic carbocycles. The summed E-state index contributed by atoms with van der Waals surface area (Å²) in [6, 6.07) is 4.19. The molecule has 0 radical (unpaired) electrons. The fourth-order valence-electron chi connectivity index (χ4n) is 8.33. The molecule has 0 aliphatic carbocycles. The number of hydrogen-bond acceptors (Lipinski definition) is 14. The summed E-state index contributed by atoms with van der Waals surface area (Å²) in [6.45, 7) is 7.26. The van der Waals surface area contributed by atoms with Gasteiger partial charge in [0.05, 0.1) is 49.6 Å². The van der Waals surface area contributed by atoms with Gasteiger partial charge in [-0.15, -0.1) is 0 Å². The van der Waals surface area contributed by atoms with Gasteiger partial charge in [0.15, 0.2) is 5.82 Å². The predicted molar refractivity (Wildman–Crippen MR) is 227 cm³/mol. The fourth-order valence-corrected chi connectivity index (χ4v) is 8.33. The molecule has 4 aliphatic heterocycles. The second-order valence-corrected chi connectivity index (χ2v) is 16.5. The van der Waals surface area contributed by atoms with Crippen LogP contribution < -0.4 is 45.5 Å². The number of alkyl halides is 2. The number of carbonyl (C=O) groups is 4. The van der Waals surface area contributed by atoms with E-state index in [4.69, 9.17) is 9.47 Å². The van der Waals surface area contributed by atoms with Gasteiger partial charge < -0.3 is 34.8 Å². The first-order chi connectivity index (χ1) is 30.0. The van der Waals surface area contributed by atoms with Crippen LogP contribution in [-0.4, -0.2) is 135 Å². The number of ether oxygens (including phenoxy) is 2. The molecule has 4 aliphatic rings. The summed E-state index contributed by atoms with van der Waals surface area (Å²) in [4.78, 5) is 64.7. The molecule has 17 nitrogen and oxygen atoms in total. The number of benzene rings is 2. The lowest BCUT2D eigenvalue weighted by atomic mass is 9.94. The average molecular weight is 884 g/mol. The maximum Gasteiger partial charge on any atom is 0.342 e. The van der Waals surface area contributed by atoms with Crippen LogP contribution in [-0.2, 0) is 14.4 Å². The largest absolute Gasteiger partial charge is 0.495 e. The lowest BCUT2D eigenvalue weighted by Gasteiger charge is -2.38. The first-order valence-electron chi connectivity index (χ1n) is 21.0. The van der Waals surface area contributed by atoms with E-state index >= 15 is 8.78 Å². The summed E-state index contributed by atoms with van der Waals surface area (Å²) < 4.78 is 71.5. The number of carbonyl (C=O) groups excluding carboxylic acids is 4. The average Bonchev–Trinajstić information content (AvgIpc) is 3.33. The van der Waals surface area contributed by atoms with Gasteiger partial charge in [0.25, 0.3) is 11.8 Å². The Bertz CT molecular complexity index is 2220. The highest BCUT2D eigenvalue weighted by Gasteiger charge is 2.48. The summed E-state index contributed by atoms with van der Waals surface area (Å²) in [5.41, 5.74) is 3.52. The van der Waals surface area contributed by atoms with Crippen LogP contribution >= 0.6 is 0 Å². The molecule has 5 heterocycles. The number of piperidine rings is 2. The molecule has 63 heavy (non-hydrogen) atoms. The zero-order chi connectivity index (χ0) is 45.2. The van der Waals surface area contributed by atoms with E-state index in [0.29, 0.717) is 55.6 Å². The second-order valence-electron chi connectivity index (χ2n) is 16.5. The van der Waals surface area contributed by atoms with Crippen molar-refractivity contribution in [3.63, 3.8) is 0 Å². The number of nitrogens with one attached hydrogen (secondary N) is 4. The summed E-state index contributed by atoms with van der Waals surface area (Å²) in [5, 5.41) is 9.96. The van der Waals surface area contributed by atoms with Gasteiger partial charge in [-0.1, -0.05) is 0 Å². The number of piperazine rings is 1. The van der Waals surface area contributed by atoms with E-state index in [9.17, 15) is 28.0 Å². The summed E-state index contributed by atoms with van der Waals surface area (Å²) in [5.74, 6) is -6.78. The van der Waals surface area contributed by atoms with Crippen molar-refractivity contribution in [2.75, 3.05) is 99.0 Å². The van der Waals surface area contributed by atoms with Crippen molar-refractivity contribution in [3.05, 3.63) is 47.7 Å². The van der Waals surface area contributed by atoms with Gasteiger partial charge in [0.2, 0.25) is 17.8 Å². The van der Waals surface area contributed by atoms with Gasteiger partial charge in [-0.05, 0) is 58.1 Å². The second kappa shape index (κ2) is 18.8. The predicted octanol–water partition coefficient (Wildman–Crippen LogP) is 4.13. The molecule has 4 N–H and O–H groups in total. The number of anilines is 6. The van der Waals surface area contributed by atoms with E-state index in [-0.39, 0.29) is 46.8 Å². The van der Waals surface area contributed by atoms with Crippen molar-refractivity contribution in [3.8, 4) is 11.5 Å². The molecule has 4 amide bonds. The Kier molecular flexibility index (Phi) is 13.4. The summed E-state index contributed by atoms with van der Waals surface area (Å²) >= 11 is 0. The van der Waals surface area contributed by atoms with Crippen LogP contribution in [0.5, 0.6) is 11.5 Å². The molecule has 1 atom stereocenters. The highest BCUT2D eigenvalue weighted by Crippen LogP contribution is 2.38. The zero-order valence-corrected chi connectivity index (χ0v) is 35.9. The zero-order valence-electron chi connectivity index (χ0n) is 35.9. The van der Waals surface area contributed by atoms with Crippen LogP contribution in [0.4, 0.5) is 52.1 Å². The van der Waals surface area contributed by atoms with Crippen molar-refractivity contribution in [1.82, 2.24) is 30.6 Å². The number of methoxy groups -OCH3 is 2. The number of rotatable bonds is 13. The van der Waals surface area contributed by atoms with Crippen molar-refractivity contribution < 1.29 is 46.2 Å². The maximum absolute atomic E-state index is 15.6. The number of aromatic nitrogens is 2. The Morgan fingerprint density at radius 3 is 2.27 bits per heavy atom. The van der Waals surface area contributed by atoms with Crippen LogP contribution in [0.2, 0.25) is 0 Å². The maximum atomic E-state index is 15.6.